The summed E-state index contributed by atoms with van der Waals surface area (Å²) in [5.74, 6) is 2.52. The molecule has 2 N–H and O–H groups in total. The third-order valence-electron chi connectivity index (χ3n) is 3.28. The highest BCUT2D eigenvalue weighted by molar-refractivity contribution is 7.99. The van der Waals surface area contributed by atoms with Gasteiger partial charge >= 0.3 is 0 Å². The minimum absolute atomic E-state index is 0.106. The summed E-state index contributed by atoms with van der Waals surface area (Å²) in [7, 11) is 0. The van der Waals surface area contributed by atoms with Gasteiger partial charge in [-0.05, 0) is 31.6 Å². The van der Waals surface area contributed by atoms with Gasteiger partial charge in [-0.15, -0.1) is 0 Å². The molecular weight excluding hydrogens is 196 g/mol. The molecule has 0 radical (unpaired) electrons. The van der Waals surface area contributed by atoms with Crippen molar-refractivity contribution < 1.29 is 4.79 Å². The van der Waals surface area contributed by atoms with Crippen LogP contribution in [0, 0.1) is 5.92 Å². The first-order chi connectivity index (χ1) is 6.77. The van der Waals surface area contributed by atoms with Crippen LogP contribution in [0.25, 0.3) is 0 Å². The lowest BCUT2D eigenvalue weighted by atomic mass is 9.96. The highest BCUT2D eigenvalue weighted by Gasteiger charge is 2.30. The van der Waals surface area contributed by atoms with Crippen LogP contribution in [0.2, 0.25) is 0 Å². The Morgan fingerprint density at radius 3 is 2.93 bits per heavy atom. The van der Waals surface area contributed by atoms with Crippen molar-refractivity contribution in [3.63, 3.8) is 0 Å². The van der Waals surface area contributed by atoms with E-state index in [1.54, 1.807) is 0 Å². The fourth-order valence-electron chi connectivity index (χ4n) is 2.38. The minimum atomic E-state index is -0.111. The van der Waals surface area contributed by atoms with E-state index in [-0.39, 0.29) is 11.8 Å². The maximum absolute atomic E-state index is 11.1. The van der Waals surface area contributed by atoms with Crippen LogP contribution in [-0.4, -0.2) is 41.4 Å². The van der Waals surface area contributed by atoms with Gasteiger partial charge in [0.1, 0.15) is 0 Å². The van der Waals surface area contributed by atoms with E-state index in [4.69, 9.17) is 5.73 Å². The maximum atomic E-state index is 11.1. The number of thioether (sulfide) groups is 1. The van der Waals surface area contributed by atoms with E-state index in [1.807, 2.05) is 11.8 Å². The van der Waals surface area contributed by atoms with E-state index in [0.717, 1.165) is 25.9 Å². The highest BCUT2D eigenvalue weighted by Crippen LogP contribution is 2.26. The van der Waals surface area contributed by atoms with Gasteiger partial charge in [0, 0.05) is 18.3 Å². The number of piperidine rings is 1. The lowest BCUT2D eigenvalue weighted by Gasteiger charge is -2.35. The first-order valence-corrected chi connectivity index (χ1v) is 6.54. The lowest BCUT2D eigenvalue weighted by molar-refractivity contribution is -0.123. The molecule has 80 valence electrons. The Balaban J connectivity index is 1.89. The van der Waals surface area contributed by atoms with Crippen LogP contribution in [0.3, 0.4) is 0 Å². The largest absolute Gasteiger partial charge is 0.369 e. The normalized spacial score (nSPS) is 34.6. The molecule has 0 bridgehead atoms. The predicted octanol–water partition coefficient (Wildman–Crippen LogP) is 0.689. The summed E-state index contributed by atoms with van der Waals surface area (Å²) in [6.07, 6.45) is 3.41. The number of carbonyl (C=O) groups is 1. The second kappa shape index (κ2) is 4.53. The van der Waals surface area contributed by atoms with Gasteiger partial charge < -0.3 is 5.73 Å². The lowest BCUT2D eigenvalue weighted by Crippen LogP contribution is -2.46. The predicted molar refractivity (Wildman–Crippen MR) is 59.2 cm³/mol. The fourth-order valence-corrected chi connectivity index (χ4v) is 3.64. The standard InChI is InChI=1S/C10H18N2OS/c11-10(13)8-2-1-4-12(6-8)9-3-5-14-7-9/h8-9H,1-7H2,(H2,11,13)/t8-,9+/m0/s1. The number of hydrogen-bond donors (Lipinski definition) is 1. The van der Waals surface area contributed by atoms with Crippen molar-refractivity contribution in [3.05, 3.63) is 0 Å². The Labute approximate surface area is 89.4 Å². The van der Waals surface area contributed by atoms with Crippen molar-refractivity contribution in [3.8, 4) is 0 Å². The van der Waals surface area contributed by atoms with Crippen molar-refractivity contribution >= 4 is 17.7 Å². The molecule has 2 fully saturated rings. The molecule has 4 heteroatoms. The molecule has 0 saturated carbocycles. The van der Waals surface area contributed by atoms with Crippen LogP contribution in [0.1, 0.15) is 19.3 Å². The number of primary amides is 1. The molecule has 0 aromatic heterocycles. The third-order valence-corrected chi connectivity index (χ3v) is 4.42. The van der Waals surface area contributed by atoms with E-state index in [0.29, 0.717) is 6.04 Å². The molecular formula is C10H18N2OS. The molecule has 3 nitrogen and oxygen atoms in total. The molecule has 14 heavy (non-hydrogen) atoms. The number of likely N-dealkylation sites (tertiary alicyclic amines) is 1. The molecule has 0 unspecified atom stereocenters. The second-order valence-electron chi connectivity index (χ2n) is 4.25. The van der Waals surface area contributed by atoms with Gasteiger partial charge in [0.05, 0.1) is 5.92 Å². The van der Waals surface area contributed by atoms with Gasteiger partial charge in [0.15, 0.2) is 0 Å². The molecule has 2 saturated heterocycles. The summed E-state index contributed by atoms with van der Waals surface area (Å²) in [4.78, 5) is 13.6. The summed E-state index contributed by atoms with van der Waals surface area (Å²) < 4.78 is 0. The fraction of sp³-hybridized carbons (Fsp3) is 0.900. The Hall–Kier alpha value is -0.220. The average Bonchev–Trinajstić information content (AvgIpc) is 2.71. The molecule has 0 aromatic rings. The average molecular weight is 214 g/mol. The maximum Gasteiger partial charge on any atom is 0.221 e. The van der Waals surface area contributed by atoms with Crippen molar-refractivity contribution in [1.82, 2.24) is 4.90 Å². The summed E-state index contributed by atoms with van der Waals surface area (Å²) in [6, 6.07) is 0.710. The van der Waals surface area contributed by atoms with Crippen molar-refractivity contribution in [2.75, 3.05) is 24.6 Å². The molecule has 2 heterocycles. The Kier molecular flexibility index (Phi) is 3.34. The molecule has 0 aromatic carbocycles. The van der Waals surface area contributed by atoms with E-state index in [9.17, 15) is 4.79 Å². The number of nitrogens with zero attached hydrogens (tertiary/aromatic N) is 1. The van der Waals surface area contributed by atoms with Crippen LogP contribution in [-0.2, 0) is 4.79 Å². The number of rotatable bonds is 2. The molecule has 2 aliphatic rings. The third kappa shape index (κ3) is 2.23. The van der Waals surface area contributed by atoms with Crippen LogP contribution < -0.4 is 5.73 Å². The number of amides is 1. The quantitative estimate of drug-likeness (QED) is 0.735. The highest BCUT2D eigenvalue weighted by atomic mass is 32.2. The van der Waals surface area contributed by atoms with Crippen LogP contribution in [0.4, 0.5) is 0 Å². The van der Waals surface area contributed by atoms with E-state index >= 15 is 0 Å². The van der Waals surface area contributed by atoms with Crippen molar-refractivity contribution in [2.24, 2.45) is 11.7 Å². The summed E-state index contributed by atoms with van der Waals surface area (Å²) in [6.45, 7) is 2.07. The second-order valence-corrected chi connectivity index (χ2v) is 5.40. The van der Waals surface area contributed by atoms with Crippen molar-refractivity contribution in [2.45, 2.75) is 25.3 Å². The van der Waals surface area contributed by atoms with Crippen molar-refractivity contribution in [1.29, 1.82) is 0 Å². The van der Waals surface area contributed by atoms with Gasteiger partial charge in [-0.3, -0.25) is 9.69 Å². The Morgan fingerprint density at radius 2 is 2.29 bits per heavy atom. The summed E-state index contributed by atoms with van der Waals surface area (Å²) >= 11 is 2.03. The van der Waals surface area contributed by atoms with E-state index in [1.165, 1.54) is 17.9 Å². The Morgan fingerprint density at radius 1 is 1.43 bits per heavy atom. The molecule has 2 rings (SSSR count). The number of carbonyl (C=O) groups excluding carboxylic acids is 1. The summed E-state index contributed by atoms with van der Waals surface area (Å²) in [5, 5.41) is 0. The van der Waals surface area contributed by atoms with Gasteiger partial charge in [-0.25, -0.2) is 0 Å². The number of nitrogens with two attached hydrogens (primary N) is 1. The molecule has 0 aliphatic carbocycles. The van der Waals surface area contributed by atoms with Gasteiger partial charge in [-0.1, -0.05) is 0 Å². The van der Waals surface area contributed by atoms with Crippen LogP contribution in [0.15, 0.2) is 0 Å². The van der Waals surface area contributed by atoms with Gasteiger partial charge in [-0.2, -0.15) is 11.8 Å². The summed E-state index contributed by atoms with van der Waals surface area (Å²) in [5.41, 5.74) is 5.36. The zero-order chi connectivity index (χ0) is 9.97. The zero-order valence-corrected chi connectivity index (χ0v) is 9.26. The molecule has 2 aliphatic heterocycles. The molecule has 2 atom stereocenters. The SMILES string of the molecule is NC(=O)[C@H]1CCCN([C@@H]2CCSC2)C1. The van der Waals surface area contributed by atoms with E-state index in [2.05, 4.69) is 4.90 Å². The first kappa shape index (κ1) is 10.3. The van der Waals surface area contributed by atoms with Gasteiger partial charge in [0.25, 0.3) is 0 Å². The topological polar surface area (TPSA) is 46.3 Å². The molecule has 1 amide bonds. The van der Waals surface area contributed by atoms with Gasteiger partial charge in [0.2, 0.25) is 5.91 Å². The van der Waals surface area contributed by atoms with Crippen LogP contribution >= 0.6 is 11.8 Å². The first-order valence-electron chi connectivity index (χ1n) is 5.38. The van der Waals surface area contributed by atoms with Crippen LogP contribution in [0.5, 0.6) is 0 Å². The minimum Gasteiger partial charge on any atom is -0.369 e. The zero-order valence-electron chi connectivity index (χ0n) is 8.45. The Bertz CT molecular complexity index is 216. The van der Waals surface area contributed by atoms with E-state index < -0.39 is 0 Å². The number of hydrogen-bond acceptors (Lipinski definition) is 3. The molecule has 0 spiro atoms. The monoisotopic (exact) mass is 214 g/mol. The smallest absolute Gasteiger partial charge is 0.221 e.